The van der Waals surface area contributed by atoms with Gasteiger partial charge in [0.05, 0.1) is 17.5 Å². The summed E-state index contributed by atoms with van der Waals surface area (Å²) in [5.74, 6) is -3.50. The third kappa shape index (κ3) is 6.88. The molecule has 250 valence electrons. The molecule has 2 fully saturated rings. The molecule has 3 aliphatic carbocycles. The summed E-state index contributed by atoms with van der Waals surface area (Å²) in [6, 6.07) is 5.25. The lowest BCUT2D eigenvalue weighted by Crippen LogP contribution is -2.64. The van der Waals surface area contributed by atoms with Crippen molar-refractivity contribution in [2.45, 2.75) is 112 Å². The Morgan fingerprint density at radius 2 is 1.46 bits per heavy atom. The third-order valence-corrected chi connectivity index (χ3v) is 10.1. The lowest BCUT2D eigenvalue weighted by Gasteiger charge is -2.59. The van der Waals surface area contributed by atoms with Crippen LogP contribution in [0.1, 0.15) is 80.3 Å². The van der Waals surface area contributed by atoms with Gasteiger partial charge in [0, 0.05) is 40.3 Å². The molecule has 11 heteroatoms. The topological polar surface area (TPSA) is 144 Å². The van der Waals surface area contributed by atoms with Crippen molar-refractivity contribution in [1.29, 1.82) is 0 Å². The highest BCUT2D eigenvalue weighted by molar-refractivity contribution is 5.73. The summed E-state index contributed by atoms with van der Waals surface area (Å²) in [7, 11) is 0. The molecule has 0 N–H and O–H groups in total. The van der Waals surface area contributed by atoms with Crippen LogP contribution in [0.25, 0.3) is 0 Å². The van der Waals surface area contributed by atoms with E-state index in [-0.39, 0.29) is 18.8 Å². The van der Waals surface area contributed by atoms with Crippen molar-refractivity contribution in [2.24, 2.45) is 22.7 Å². The smallest absolute Gasteiger partial charge is 0.312 e. The molecule has 8 atom stereocenters. The predicted molar refractivity (Wildman–Crippen MR) is 165 cm³/mol. The number of hydrogen-bond donors (Lipinski definition) is 0. The normalized spacial score (nSPS) is 31.7. The number of aromatic nitrogens is 1. The Labute approximate surface area is 270 Å². The van der Waals surface area contributed by atoms with E-state index in [9.17, 15) is 24.0 Å². The van der Waals surface area contributed by atoms with E-state index >= 15 is 0 Å². The van der Waals surface area contributed by atoms with Crippen LogP contribution in [0.2, 0.25) is 0 Å². The van der Waals surface area contributed by atoms with Gasteiger partial charge < -0.3 is 23.7 Å². The summed E-state index contributed by atoms with van der Waals surface area (Å²) in [6.45, 7) is 17.3. The minimum Gasteiger partial charge on any atom is -0.462 e. The second-order valence-corrected chi connectivity index (χ2v) is 13.4. The molecule has 0 aliphatic heterocycles. The van der Waals surface area contributed by atoms with Crippen LogP contribution in [0.15, 0.2) is 47.7 Å². The fourth-order valence-electron chi connectivity index (χ4n) is 7.96. The second kappa shape index (κ2) is 13.4. The van der Waals surface area contributed by atoms with Crippen LogP contribution in [-0.4, -0.2) is 65.4 Å². The van der Waals surface area contributed by atoms with Gasteiger partial charge in [-0.2, -0.15) is 0 Å². The van der Waals surface area contributed by atoms with Gasteiger partial charge in [0.2, 0.25) is 0 Å². The molecule has 0 unspecified atom stereocenters. The summed E-state index contributed by atoms with van der Waals surface area (Å²) in [5.41, 5.74) is 0.700. The first kappa shape index (κ1) is 34.8. The maximum absolute atomic E-state index is 13.2. The Hall–Kier alpha value is -4.02. The number of carbonyl (C=O) groups excluding carboxylic acids is 5. The fraction of sp³-hybridized carbons (Fsp3) is 0.600. The first-order valence-corrected chi connectivity index (χ1v) is 15.6. The zero-order valence-corrected chi connectivity index (χ0v) is 27.9. The molecule has 2 saturated carbocycles. The molecule has 3 aliphatic rings. The van der Waals surface area contributed by atoms with Crippen molar-refractivity contribution < 1.29 is 47.7 Å². The summed E-state index contributed by atoms with van der Waals surface area (Å²) in [5, 5.41) is 0. The minimum atomic E-state index is -1.17. The van der Waals surface area contributed by atoms with E-state index in [1.54, 1.807) is 24.4 Å². The van der Waals surface area contributed by atoms with E-state index in [2.05, 4.69) is 11.6 Å². The van der Waals surface area contributed by atoms with E-state index in [1.807, 2.05) is 27.7 Å². The van der Waals surface area contributed by atoms with Gasteiger partial charge in [-0.1, -0.05) is 33.4 Å². The molecule has 1 aromatic rings. The Balaban J connectivity index is 1.90. The van der Waals surface area contributed by atoms with Crippen LogP contribution in [0.3, 0.4) is 0 Å². The number of carbonyl (C=O) groups is 5. The number of esters is 5. The Morgan fingerprint density at radius 1 is 0.826 bits per heavy atom. The van der Waals surface area contributed by atoms with Crippen LogP contribution in [0.5, 0.6) is 0 Å². The van der Waals surface area contributed by atoms with Crippen LogP contribution < -0.4 is 0 Å². The van der Waals surface area contributed by atoms with E-state index in [0.717, 1.165) is 0 Å². The first-order valence-electron chi connectivity index (χ1n) is 15.6. The van der Waals surface area contributed by atoms with Crippen LogP contribution >= 0.6 is 0 Å². The number of pyridine rings is 1. The predicted octanol–water partition coefficient (Wildman–Crippen LogP) is 4.61. The van der Waals surface area contributed by atoms with Crippen LogP contribution in [0, 0.1) is 22.7 Å². The Kier molecular flexibility index (Phi) is 10.1. The molecule has 0 saturated heterocycles. The highest BCUT2D eigenvalue weighted by Crippen LogP contribution is 2.61. The van der Waals surface area contributed by atoms with Gasteiger partial charge in [-0.25, -0.2) is 0 Å². The Morgan fingerprint density at radius 3 is 2.02 bits per heavy atom. The van der Waals surface area contributed by atoms with Gasteiger partial charge in [0.15, 0.2) is 12.2 Å². The molecular weight excluding hydrogens is 594 g/mol. The first-order chi connectivity index (χ1) is 21.5. The van der Waals surface area contributed by atoms with Crippen molar-refractivity contribution in [3.05, 3.63) is 53.4 Å². The SMILES string of the molecule is C=C1[C@@H](OC(=O)Cc2ccccn2)C[C@H](OC(C)=O)[C@]2(C)[C@@H]1C[C@@H]1C[C@H](OC(C)=O)C(C)=C([C@@H](OC(C)=O)[C@@H]2OC(C)=O)C1(C)C. The summed E-state index contributed by atoms with van der Waals surface area (Å²) in [4.78, 5) is 67.8. The molecule has 0 aromatic carbocycles. The molecule has 0 spiro atoms. The van der Waals surface area contributed by atoms with Gasteiger partial charge in [-0.3, -0.25) is 29.0 Å². The zero-order chi connectivity index (χ0) is 34.1. The number of fused-ring (bicyclic) bond motifs is 3. The molecule has 46 heavy (non-hydrogen) atoms. The number of hydrogen-bond acceptors (Lipinski definition) is 11. The van der Waals surface area contributed by atoms with Crippen molar-refractivity contribution in [1.82, 2.24) is 4.98 Å². The third-order valence-electron chi connectivity index (χ3n) is 10.1. The maximum atomic E-state index is 13.2. The highest BCUT2D eigenvalue weighted by atomic mass is 16.6. The van der Waals surface area contributed by atoms with Gasteiger partial charge in [0.25, 0.3) is 0 Å². The fourth-order valence-corrected chi connectivity index (χ4v) is 7.96. The maximum Gasteiger partial charge on any atom is 0.312 e. The summed E-state index contributed by atoms with van der Waals surface area (Å²) < 4.78 is 29.9. The largest absolute Gasteiger partial charge is 0.462 e. The monoisotopic (exact) mass is 639 g/mol. The minimum absolute atomic E-state index is 0.0477. The van der Waals surface area contributed by atoms with Crippen LogP contribution in [-0.2, 0) is 54.1 Å². The summed E-state index contributed by atoms with van der Waals surface area (Å²) >= 11 is 0. The van der Waals surface area contributed by atoms with Gasteiger partial charge in [-0.05, 0) is 65.9 Å². The molecule has 4 rings (SSSR count). The Bertz CT molecular complexity index is 1430. The standard InChI is InChI=1S/C35H45NO10/c1-18-26-14-24-15-27(42-20(3)37)19(2)31(34(24,7)8)32(44-22(5)39)33(45-23(6)40)35(26,9)29(43-21(4)38)17-28(18)46-30(41)16-25-12-10-11-13-36-25/h10-13,24,26-29,32-33H,1,14-17H2,2-9H3/t24-,26-,27+,28+,29+,32-,33+,35+/m1/s1. The van der Waals surface area contributed by atoms with Gasteiger partial charge >= 0.3 is 29.8 Å². The van der Waals surface area contributed by atoms with Crippen LogP contribution in [0.4, 0.5) is 0 Å². The highest BCUT2D eigenvalue weighted by Gasteiger charge is 2.64. The van der Waals surface area contributed by atoms with Crippen molar-refractivity contribution in [3.8, 4) is 0 Å². The molecule has 1 aromatic heterocycles. The molecular formula is C35H45NO10. The lowest BCUT2D eigenvalue weighted by molar-refractivity contribution is -0.212. The van der Waals surface area contributed by atoms with E-state index in [4.69, 9.17) is 23.7 Å². The van der Waals surface area contributed by atoms with Gasteiger partial charge in [-0.15, -0.1) is 0 Å². The molecule has 0 radical (unpaired) electrons. The van der Waals surface area contributed by atoms with Gasteiger partial charge in [0.1, 0.15) is 18.3 Å². The lowest BCUT2D eigenvalue weighted by atomic mass is 9.49. The summed E-state index contributed by atoms with van der Waals surface area (Å²) in [6.07, 6.45) is -2.16. The quantitative estimate of drug-likeness (QED) is 0.234. The number of nitrogens with zero attached hydrogens (tertiary/aromatic N) is 1. The zero-order valence-electron chi connectivity index (χ0n) is 27.9. The number of rotatable bonds is 7. The van der Waals surface area contributed by atoms with E-state index in [0.29, 0.717) is 35.3 Å². The number of ether oxygens (including phenoxy) is 5. The second-order valence-electron chi connectivity index (χ2n) is 13.4. The van der Waals surface area contributed by atoms with E-state index < -0.39 is 77.1 Å². The molecule has 0 amide bonds. The average molecular weight is 640 g/mol. The van der Waals surface area contributed by atoms with Crippen molar-refractivity contribution in [2.75, 3.05) is 0 Å². The van der Waals surface area contributed by atoms with Crippen molar-refractivity contribution >= 4 is 29.8 Å². The molecule has 2 bridgehead atoms. The van der Waals surface area contributed by atoms with Crippen molar-refractivity contribution in [3.63, 3.8) is 0 Å². The van der Waals surface area contributed by atoms with E-state index in [1.165, 1.54) is 27.7 Å². The average Bonchev–Trinajstić information content (AvgIpc) is 2.93. The molecule has 11 nitrogen and oxygen atoms in total. The molecule has 1 heterocycles.